The third-order valence-electron chi connectivity index (χ3n) is 7.24. The maximum atomic E-state index is 12.5. The minimum Gasteiger partial charge on any atom is -0.426 e. The van der Waals surface area contributed by atoms with Gasteiger partial charge in [-0.05, 0) is 62.8 Å². The van der Waals surface area contributed by atoms with E-state index in [1.807, 2.05) is 0 Å². The number of carbonyl (C=O) groups excluding carboxylic acids is 6. The first kappa shape index (κ1) is 22.2. The van der Waals surface area contributed by atoms with E-state index in [9.17, 15) is 28.8 Å². The lowest BCUT2D eigenvalue weighted by molar-refractivity contribution is -0.155. The van der Waals surface area contributed by atoms with Gasteiger partial charge in [-0.1, -0.05) is 0 Å². The molecule has 1 aromatic carbocycles. The van der Waals surface area contributed by atoms with E-state index in [0.29, 0.717) is 25.7 Å². The van der Waals surface area contributed by atoms with Gasteiger partial charge in [-0.15, -0.1) is 0 Å². The van der Waals surface area contributed by atoms with Gasteiger partial charge in [0, 0.05) is 0 Å². The summed E-state index contributed by atoms with van der Waals surface area (Å²) < 4.78 is 20.1. The van der Waals surface area contributed by atoms with Crippen molar-refractivity contribution >= 4 is 35.8 Å². The van der Waals surface area contributed by atoms with Gasteiger partial charge in [-0.3, -0.25) is 28.8 Å². The Hall–Kier alpha value is -3.56. The lowest BCUT2D eigenvalue weighted by Gasteiger charge is -2.26. The molecule has 2 aliphatic carbocycles. The molecule has 2 heterocycles. The molecule has 2 saturated heterocycles. The molecule has 0 amide bonds. The van der Waals surface area contributed by atoms with Crippen LogP contribution in [0.5, 0.6) is 11.5 Å². The number of carbonyl (C=O) groups is 6. The predicted molar refractivity (Wildman–Crippen MR) is 109 cm³/mol. The zero-order valence-corrected chi connectivity index (χ0v) is 18.1. The van der Waals surface area contributed by atoms with E-state index in [0.717, 1.165) is 0 Å². The number of fused-ring (bicyclic) bond motifs is 2. The van der Waals surface area contributed by atoms with Crippen molar-refractivity contribution in [1.29, 1.82) is 0 Å². The summed E-state index contributed by atoms with van der Waals surface area (Å²) in [6, 6.07) is 5.96. The van der Waals surface area contributed by atoms with E-state index in [1.165, 1.54) is 24.3 Å². The quantitative estimate of drug-likeness (QED) is 0.363. The second kappa shape index (κ2) is 8.66. The highest BCUT2D eigenvalue weighted by molar-refractivity contribution is 5.97. The monoisotopic (exact) mass is 470 g/mol. The van der Waals surface area contributed by atoms with Crippen LogP contribution in [-0.2, 0) is 38.2 Å². The van der Waals surface area contributed by atoms with Gasteiger partial charge in [0.25, 0.3) is 0 Å². The Morgan fingerprint density at radius 2 is 0.941 bits per heavy atom. The molecule has 10 heteroatoms. The Morgan fingerprint density at radius 1 is 0.588 bits per heavy atom. The zero-order chi connectivity index (χ0) is 24.0. The predicted octanol–water partition coefficient (Wildman–Crippen LogP) is 1.73. The van der Waals surface area contributed by atoms with Crippen LogP contribution in [0.1, 0.15) is 38.5 Å². The fraction of sp³-hybridized carbons (Fsp3) is 0.500. The highest BCUT2D eigenvalue weighted by atomic mass is 16.6. The van der Waals surface area contributed by atoms with Gasteiger partial charge >= 0.3 is 35.8 Å². The number of rotatable bonds is 4. The number of cyclic esters (lactones) is 4. The minimum absolute atomic E-state index is 0.214. The molecule has 0 radical (unpaired) electrons. The van der Waals surface area contributed by atoms with Crippen LogP contribution < -0.4 is 9.47 Å². The van der Waals surface area contributed by atoms with E-state index in [-0.39, 0.29) is 24.3 Å². The highest BCUT2D eigenvalue weighted by Gasteiger charge is 2.50. The van der Waals surface area contributed by atoms with Crippen molar-refractivity contribution in [2.45, 2.75) is 38.5 Å². The molecule has 34 heavy (non-hydrogen) atoms. The first-order valence-electron chi connectivity index (χ1n) is 11.3. The maximum Gasteiger partial charge on any atom is 0.317 e. The summed E-state index contributed by atoms with van der Waals surface area (Å²) in [6.45, 7) is 0. The smallest absolute Gasteiger partial charge is 0.317 e. The number of esters is 6. The Kier molecular flexibility index (Phi) is 5.66. The number of hydrogen-bond acceptors (Lipinski definition) is 10. The van der Waals surface area contributed by atoms with Gasteiger partial charge in [-0.2, -0.15) is 0 Å². The lowest BCUT2D eigenvalue weighted by Crippen LogP contribution is -2.33. The first-order chi connectivity index (χ1) is 16.3. The number of benzene rings is 1. The standard InChI is InChI=1S/C24H22O10/c25-19(11-1-7-15-17(9-11)23(29)33-21(15)27)31-13-3-5-14(6-4-13)32-20(26)12-2-8-16-18(10-12)24(30)34-22(16)28/h3-6,11-12,15-18H,1-2,7-10H2. The molecule has 5 rings (SSSR count). The zero-order valence-electron chi connectivity index (χ0n) is 18.1. The summed E-state index contributed by atoms with van der Waals surface area (Å²) in [4.78, 5) is 72.0. The molecule has 0 N–H and O–H groups in total. The Labute approximate surface area is 193 Å². The van der Waals surface area contributed by atoms with E-state index >= 15 is 0 Å². The van der Waals surface area contributed by atoms with Crippen molar-refractivity contribution in [1.82, 2.24) is 0 Å². The first-order valence-corrected chi connectivity index (χ1v) is 11.3. The summed E-state index contributed by atoms with van der Waals surface area (Å²) >= 11 is 0. The third-order valence-corrected chi connectivity index (χ3v) is 7.24. The summed E-state index contributed by atoms with van der Waals surface area (Å²) in [5.41, 5.74) is 0. The topological polar surface area (TPSA) is 139 Å². The number of hydrogen-bond donors (Lipinski definition) is 0. The van der Waals surface area contributed by atoms with Gasteiger partial charge in [-0.25, -0.2) is 0 Å². The Morgan fingerprint density at radius 3 is 1.32 bits per heavy atom. The van der Waals surface area contributed by atoms with Crippen LogP contribution in [0, 0.1) is 35.5 Å². The van der Waals surface area contributed by atoms with Gasteiger partial charge in [0.1, 0.15) is 11.5 Å². The van der Waals surface area contributed by atoms with Crippen molar-refractivity contribution in [2.24, 2.45) is 35.5 Å². The van der Waals surface area contributed by atoms with Crippen molar-refractivity contribution in [2.75, 3.05) is 0 Å². The molecular weight excluding hydrogens is 448 g/mol. The normalized spacial score (nSPS) is 32.4. The molecular formula is C24H22O10. The molecule has 2 saturated carbocycles. The second-order valence-electron chi connectivity index (χ2n) is 9.24. The van der Waals surface area contributed by atoms with Gasteiger partial charge in [0.2, 0.25) is 0 Å². The average molecular weight is 470 g/mol. The highest BCUT2D eigenvalue weighted by Crippen LogP contribution is 2.41. The van der Waals surface area contributed by atoms with Crippen LogP contribution in [0.4, 0.5) is 0 Å². The molecule has 178 valence electrons. The van der Waals surface area contributed by atoms with Crippen molar-refractivity contribution < 1.29 is 47.7 Å². The summed E-state index contributed by atoms with van der Waals surface area (Å²) in [6.07, 6.45) is 2.09. The van der Waals surface area contributed by atoms with E-state index in [4.69, 9.17) is 9.47 Å². The van der Waals surface area contributed by atoms with E-state index < -0.39 is 71.3 Å². The largest absolute Gasteiger partial charge is 0.426 e. The fourth-order valence-electron chi connectivity index (χ4n) is 5.33. The molecule has 6 unspecified atom stereocenters. The lowest BCUT2D eigenvalue weighted by atomic mass is 9.75. The van der Waals surface area contributed by atoms with Crippen molar-refractivity contribution in [3.05, 3.63) is 24.3 Å². The van der Waals surface area contributed by atoms with E-state index in [2.05, 4.69) is 9.47 Å². The van der Waals surface area contributed by atoms with Crippen molar-refractivity contribution in [3.63, 3.8) is 0 Å². The molecule has 4 aliphatic rings. The number of ether oxygens (including phenoxy) is 4. The second-order valence-corrected chi connectivity index (χ2v) is 9.24. The Bertz CT molecular complexity index is 989. The van der Waals surface area contributed by atoms with Crippen LogP contribution >= 0.6 is 0 Å². The molecule has 0 aromatic heterocycles. The molecule has 0 spiro atoms. The molecule has 1 aromatic rings. The summed E-state index contributed by atoms with van der Waals surface area (Å²) in [5, 5.41) is 0. The van der Waals surface area contributed by atoms with Crippen LogP contribution in [0.15, 0.2) is 24.3 Å². The summed E-state index contributed by atoms with van der Waals surface area (Å²) in [7, 11) is 0. The van der Waals surface area contributed by atoms with Gasteiger partial charge in [0.05, 0.1) is 35.5 Å². The molecule has 4 fully saturated rings. The average Bonchev–Trinajstić information content (AvgIpc) is 3.28. The van der Waals surface area contributed by atoms with Crippen LogP contribution in [-0.4, -0.2) is 35.8 Å². The molecule has 0 bridgehead atoms. The van der Waals surface area contributed by atoms with Crippen LogP contribution in [0.3, 0.4) is 0 Å². The summed E-state index contributed by atoms with van der Waals surface area (Å²) in [5.74, 6) is -5.84. The third kappa shape index (κ3) is 4.08. The van der Waals surface area contributed by atoms with Gasteiger partial charge in [0.15, 0.2) is 0 Å². The van der Waals surface area contributed by atoms with Gasteiger partial charge < -0.3 is 18.9 Å². The van der Waals surface area contributed by atoms with E-state index in [1.54, 1.807) is 0 Å². The van der Waals surface area contributed by atoms with Crippen molar-refractivity contribution in [3.8, 4) is 11.5 Å². The van der Waals surface area contributed by atoms with Crippen LogP contribution in [0.25, 0.3) is 0 Å². The SMILES string of the molecule is O=C(Oc1ccc(OC(=O)C2CCC3C(=O)OC(=O)C3C2)cc1)C1CCC2C(=O)OC(=O)C2C1. The molecule has 6 atom stereocenters. The molecule has 10 nitrogen and oxygen atoms in total. The maximum absolute atomic E-state index is 12.5. The minimum atomic E-state index is -0.597. The Balaban J connectivity index is 1.14. The fourth-order valence-corrected chi connectivity index (χ4v) is 5.33. The molecule has 2 aliphatic heterocycles. The van der Waals surface area contributed by atoms with Crippen LogP contribution in [0.2, 0.25) is 0 Å².